The molecule has 0 radical (unpaired) electrons. The zero-order valence-corrected chi connectivity index (χ0v) is 12.6. The summed E-state index contributed by atoms with van der Waals surface area (Å²) in [7, 11) is 0. The van der Waals surface area contributed by atoms with Crippen LogP contribution >= 0.6 is 15.9 Å². The second kappa shape index (κ2) is 5.69. The van der Waals surface area contributed by atoms with Gasteiger partial charge in [-0.15, -0.1) is 0 Å². The van der Waals surface area contributed by atoms with Crippen molar-refractivity contribution in [2.24, 2.45) is 0 Å². The molecule has 1 aromatic rings. The number of hydrogen-bond acceptors (Lipinski definition) is 4. The highest BCUT2D eigenvalue weighted by Gasteiger charge is 2.43. The number of carbonyl (C=O) groups is 3. The summed E-state index contributed by atoms with van der Waals surface area (Å²) in [4.78, 5) is 35.6. The van der Waals surface area contributed by atoms with E-state index in [1.165, 1.54) is 6.92 Å². The molecule has 1 atom stereocenters. The van der Waals surface area contributed by atoms with E-state index in [1.54, 1.807) is 24.3 Å². The Morgan fingerprint density at radius 2 is 1.86 bits per heavy atom. The van der Waals surface area contributed by atoms with Crippen LogP contribution in [-0.2, 0) is 14.4 Å². The lowest BCUT2D eigenvalue weighted by Gasteiger charge is -2.24. The zero-order valence-electron chi connectivity index (χ0n) is 11.0. The van der Waals surface area contributed by atoms with Crippen LogP contribution in [0.5, 0.6) is 0 Å². The topological polar surface area (TPSA) is 94.9 Å². The molecule has 0 saturated heterocycles. The molecule has 1 heterocycles. The quantitative estimate of drug-likeness (QED) is 0.860. The Morgan fingerprint density at radius 1 is 1.29 bits per heavy atom. The van der Waals surface area contributed by atoms with Crippen molar-refractivity contribution in [3.63, 3.8) is 0 Å². The summed E-state index contributed by atoms with van der Waals surface area (Å²) in [6.45, 7) is 0.634. The Bertz CT molecular complexity index is 650. The van der Waals surface area contributed by atoms with Gasteiger partial charge < -0.3 is 15.1 Å². The minimum atomic E-state index is -1.22. The molecule has 1 amide bonds. The van der Waals surface area contributed by atoms with Crippen molar-refractivity contribution in [3.8, 4) is 0 Å². The Hall–Kier alpha value is -2.15. The van der Waals surface area contributed by atoms with Gasteiger partial charge in [0.15, 0.2) is 11.5 Å². The first-order chi connectivity index (χ1) is 9.82. The van der Waals surface area contributed by atoms with E-state index in [0.29, 0.717) is 5.56 Å². The lowest BCUT2D eigenvalue weighted by molar-refractivity contribution is -0.144. The fourth-order valence-electron chi connectivity index (χ4n) is 2.31. The fraction of sp³-hybridized carbons (Fsp3) is 0.214. The molecule has 21 heavy (non-hydrogen) atoms. The summed E-state index contributed by atoms with van der Waals surface area (Å²) in [5, 5.41) is 18.8. The molecule has 0 bridgehead atoms. The van der Waals surface area contributed by atoms with Crippen LogP contribution in [0.3, 0.4) is 0 Å². The molecule has 1 aliphatic heterocycles. The molecule has 0 saturated carbocycles. The Balaban J connectivity index is 2.53. The Labute approximate surface area is 128 Å². The number of aliphatic hydroxyl groups excluding tert-OH is 1. The van der Waals surface area contributed by atoms with Crippen molar-refractivity contribution < 1.29 is 24.6 Å². The first kappa shape index (κ1) is 15.2. The number of carboxylic acids is 1. The second-order valence-electron chi connectivity index (χ2n) is 4.60. The average molecular weight is 354 g/mol. The zero-order chi connectivity index (χ0) is 15.7. The Kier molecular flexibility index (Phi) is 4.13. The maximum Gasteiger partial charge on any atom is 0.323 e. The van der Waals surface area contributed by atoms with Gasteiger partial charge in [0, 0.05) is 4.47 Å². The molecule has 2 N–H and O–H groups in total. The molecule has 0 aliphatic carbocycles. The van der Waals surface area contributed by atoms with E-state index < -0.39 is 36.0 Å². The third-order valence-electron chi connectivity index (χ3n) is 3.17. The van der Waals surface area contributed by atoms with E-state index in [2.05, 4.69) is 15.9 Å². The van der Waals surface area contributed by atoms with Gasteiger partial charge in [-0.3, -0.25) is 14.4 Å². The fourth-order valence-corrected chi connectivity index (χ4v) is 2.58. The van der Waals surface area contributed by atoms with Crippen molar-refractivity contribution >= 4 is 33.6 Å². The smallest absolute Gasteiger partial charge is 0.323 e. The molecule has 7 heteroatoms. The van der Waals surface area contributed by atoms with Crippen molar-refractivity contribution in [2.45, 2.75) is 13.0 Å². The van der Waals surface area contributed by atoms with Crippen LogP contribution in [0, 0.1) is 0 Å². The molecular weight excluding hydrogens is 342 g/mol. The summed E-state index contributed by atoms with van der Waals surface area (Å²) in [5.41, 5.74) is 0.477. The predicted octanol–water partition coefficient (Wildman–Crippen LogP) is 1.82. The maximum absolute atomic E-state index is 12.0. The maximum atomic E-state index is 12.0. The standard InChI is InChI=1S/C14H12BrNO5/c1-7(17)11-12(8-2-4-9(15)5-3-8)16(6-10(18)19)14(21)13(11)20/h2-5,12,20H,6H2,1H3,(H,18,19)/t12-/m1/s1. The number of carboxylic acid groups (broad SMARTS) is 1. The minimum Gasteiger partial charge on any atom is -0.503 e. The third kappa shape index (κ3) is 2.82. The second-order valence-corrected chi connectivity index (χ2v) is 5.52. The molecule has 0 aromatic heterocycles. The number of carbonyl (C=O) groups excluding carboxylic acids is 2. The average Bonchev–Trinajstić information content (AvgIpc) is 2.64. The number of amides is 1. The molecule has 1 aliphatic rings. The highest BCUT2D eigenvalue weighted by Crippen LogP contribution is 2.37. The number of aliphatic carboxylic acids is 1. The van der Waals surface area contributed by atoms with E-state index in [9.17, 15) is 19.5 Å². The number of Topliss-reactive ketones (excluding diaryl/α,β-unsaturated/α-hetero) is 1. The van der Waals surface area contributed by atoms with E-state index in [0.717, 1.165) is 9.37 Å². The third-order valence-corrected chi connectivity index (χ3v) is 3.70. The number of hydrogen-bond donors (Lipinski definition) is 2. The van der Waals surface area contributed by atoms with Gasteiger partial charge in [0.25, 0.3) is 5.91 Å². The highest BCUT2D eigenvalue weighted by molar-refractivity contribution is 9.10. The lowest BCUT2D eigenvalue weighted by Crippen LogP contribution is -2.35. The summed E-state index contributed by atoms with van der Waals surface area (Å²) < 4.78 is 0.804. The van der Waals surface area contributed by atoms with Crippen molar-refractivity contribution in [1.82, 2.24) is 4.90 Å². The minimum absolute atomic E-state index is 0.0800. The van der Waals surface area contributed by atoms with Crippen LogP contribution in [0.4, 0.5) is 0 Å². The van der Waals surface area contributed by atoms with Crippen molar-refractivity contribution in [1.29, 1.82) is 0 Å². The molecule has 2 rings (SSSR count). The number of aliphatic hydroxyl groups is 1. The van der Waals surface area contributed by atoms with Crippen molar-refractivity contribution in [2.75, 3.05) is 6.54 Å². The number of rotatable bonds is 4. The first-order valence-corrected chi connectivity index (χ1v) is 6.84. The molecular formula is C14H12BrNO5. The van der Waals surface area contributed by atoms with Gasteiger partial charge in [0.1, 0.15) is 6.54 Å². The first-order valence-electron chi connectivity index (χ1n) is 6.05. The van der Waals surface area contributed by atoms with Crippen molar-refractivity contribution in [3.05, 3.63) is 45.6 Å². The largest absolute Gasteiger partial charge is 0.503 e. The number of halogens is 1. The van der Waals surface area contributed by atoms with Crippen LogP contribution in [-0.4, -0.2) is 39.3 Å². The van der Waals surface area contributed by atoms with Crippen LogP contribution < -0.4 is 0 Å². The summed E-state index contributed by atoms with van der Waals surface area (Å²) in [6.07, 6.45) is 0. The molecule has 0 spiro atoms. The molecule has 6 nitrogen and oxygen atoms in total. The molecule has 110 valence electrons. The number of nitrogens with zero attached hydrogens (tertiary/aromatic N) is 1. The monoisotopic (exact) mass is 353 g/mol. The molecule has 1 aromatic carbocycles. The van der Waals surface area contributed by atoms with Crippen LogP contribution in [0.25, 0.3) is 0 Å². The SMILES string of the molecule is CC(=O)C1=C(O)C(=O)N(CC(=O)O)[C@@H]1c1ccc(Br)cc1. The van der Waals surface area contributed by atoms with Crippen LogP contribution in [0.15, 0.2) is 40.1 Å². The summed E-state index contributed by atoms with van der Waals surface area (Å²) in [5.74, 6) is -3.23. The van der Waals surface area contributed by atoms with Crippen LogP contribution in [0.1, 0.15) is 18.5 Å². The summed E-state index contributed by atoms with van der Waals surface area (Å²) in [6, 6.07) is 5.87. The van der Waals surface area contributed by atoms with E-state index in [4.69, 9.17) is 5.11 Å². The van der Waals surface area contributed by atoms with Gasteiger partial charge in [-0.05, 0) is 24.6 Å². The van der Waals surface area contributed by atoms with Gasteiger partial charge in [0.2, 0.25) is 0 Å². The predicted molar refractivity (Wildman–Crippen MR) is 76.6 cm³/mol. The van der Waals surface area contributed by atoms with Gasteiger partial charge in [-0.25, -0.2) is 0 Å². The van der Waals surface area contributed by atoms with Gasteiger partial charge in [0.05, 0.1) is 11.6 Å². The molecule has 0 unspecified atom stereocenters. The number of ketones is 1. The van der Waals surface area contributed by atoms with E-state index >= 15 is 0 Å². The van der Waals surface area contributed by atoms with Crippen LogP contribution in [0.2, 0.25) is 0 Å². The van der Waals surface area contributed by atoms with Gasteiger partial charge in [-0.2, -0.15) is 0 Å². The van der Waals surface area contributed by atoms with Gasteiger partial charge in [-0.1, -0.05) is 28.1 Å². The summed E-state index contributed by atoms with van der Waals surface area (Å²) >= 11 is 3.27. The van der Waals surface area contributed by atoms with E-state index in [1.807, 2.05) is 0 Å². The normalized spacial score (nSPS) is 18.3. The van der Waals surface area contributed by atoms with E-state index in [-0.39, 0.29) is 5.57 Å². The van der Waals surface area contributed by atoms with Gasteiger partial charge >= 0.3 is 5.97 Å². The number of benzene rings is 1. The molecule has 0 fully saturated rings. The highest BCUT2D eigenvalue weighted by atomic mass is 79.9. The Morgan fingerprint density at radius 3 is 2.33 bits per heavy atom. The lowest BCUT2D eigenvalue weighted by atomic mass is 9.97.